The summed E-state index contributed by atoms with van der Waals surface area (Å²) in [5.41, 5.74) is 0.629. The van der Waals surface area contributed by atoms with Gasteiger partial charge in [-0.3, -0.25) is 19.1 Å². The highest BCUT2D eigenvalue weighted by molar-refractivity contribution is 6.04. The molecular weight excluding hydrogens is 496 g/mol. The highest BCUT2D eigenvalue weighted by Crippen LogP contribution is 2.31. The van der Waals surface area contributed by atoms with E-state index in [9.17, 15) is 18.4 Å². The smallest absolute Gasteiger partial charge is 0.271 e. The Hall–Kier alpha value is -5.19. The standard InChI is InChI=1S/C27H19F2N5O4/c1-15-24(27(36)34(14-31-15)18-6-3-16(28)4-7-18)26(35)32-17-5-9-21(19(29)13-17)38-22-11-12-30-20-8-10-23(37-2)33-25(20)22/h3-14H,1-2H3,(H,32,35). The van der Waals surface area contributed by atoms with Crippen molar-refractivity contribution < 1.29 is 23.0 Å². The fraction of sp³-hybridized carbons (Fsp3) is 0.0741. The number of ether oxygens (including phenoxy) is 2. The lowest BCUT2D eigenvalue weighted by molar-refractivity contribution is 0.102. The zero-order chi connectivity index (χ0) is 26.8. The summed E-state index contributed by atoms with van der Waals surface area (Å²) in [6, 6.07) is 13.9. The molecule has 0 aliphatic heterocycles. The van der Waals surface area contributed by atoms with Crippen LogP contribution in [0.15, 0.2) is 78.0 Å². The van der Waals surface area contributed by atoms with Gasteiger partial charge in [-0.25, -0.2) is 18.7 Å². The number of hydrogen-bond acceptors (Lipinski definition) is 7. The summed E-state index contributed by atoms with van der Waals surface area (Å²) in [5.74, 6) is -1.52. The number of anilines is 1. The molecule has 1 N–H and O–H groups in total. The zero-order valence-electron chi connectivity index (χ0n) is 20.1. The van der Waals surface area contributed by atoms with Crippen LogP contribution < -0.4 is 20.3 Å². The molecule has 0 spiro atoms. The number of benzene rings is 2. The van der Waals surface area contributed by atoms with Gasteiger partial charge in [-0.2, -0.15) is 0 Å². The van der Waals surface area contributed by atoms with E-state index in [0.717, 1.165) is 10.6 Å². The van der Waals surface area contributed by atoms with E-state index in [-0.39, 0.29) is 28.4 Å². The third-order valence-electron chi connectivity index (χ3n) is 5.63. The Morgan fingerprint density at radius 3 is 2.50 bits per heavy atom. The van der Waals surface area contributed by atoms with Gasteiger partial charge in [0.2, 0.25) is 5.88 Å². The Balaban J connectivity index is 1.40. The zero-order valence-corrected chi connectivity index (χ0v) is 20.1. The second-order valence-corrected chi connectivity index (χ2v) is 8.09. The van der Waals surface area contributed by atoms with Crippen LogP contribution in [0, 0.1) is 18.6 Å². The number of hydrogen-bond donors (Lipinski definition) is 1. The highest BCUT2D eigenvalue weighted by atomic mass is 19.1. The molecular formula is C27H19F2N5O4. The summed E-state index contributed by atoms with van der Waals surface area (Å²) in [6.07, 6.45) is 2.76. The summed E-state index contributed by atoms with van der Waals surface area (Å²) < 4.78 is 40.3. The molecule has 9 nitrogen and oxygen atoms in total. The number of fused-ring (bicyclic) bond motifs is 1. The van der Waals surface area contributed by atoms with Crippen molar-refractivity contribution in [1.29, 1.82) is 0 Å². The maximum atomic E-state index is 15.0. The Kier molecular flexibility index (Phi) is 6.48. The lowest BCUT2D eigenvalue weighted by Crippen LogP contribution is -2.30. The van der Waals surface area contributed by atoms with Gasteiger partial charge in [0.25, 0.3) is 11.5 Å². The summed E-state index contributed by atoms with van der Waals surface area (Å²) in [7, 11) is 1.48. The molecule has 11 heteroatoms. The molecule has 0 radical (unpaired) electrons. The molecule has 0 unspecified atom stereocenters. The number of halogens is 2. The van der Waals surface area contributed by atoms with E-state index in [1.165, 1.54) is 63.0 Å². The van der Waals surface area contributed by atoms with E-state index in [1.54, 1.807) is 18.2 Å². The molecule has 0 aliphatic carbocycles. The maximum Gasteiger partial charge on any atom is 0.271 e. The second kappa shape index (κ2) is 10.1. The molecule has 3 heterocycles. The minimum atomic E-state index is -0.777. The SMILES string of the molecule is COc1ccc2nccc(Oc3ccc(NC(=O)c4c(C)ncn(-c5ccc(F)cc5)c4=O)cc3F)c2n1. The van der Waals surface area contributed by atoms with Crippen LogP contribution in [-0.4, -0.2) is 32.5 Å². The van der Waals surface area contributed by atoms with Gasteiger partial charge >= 0.3 is 0 Å². The first-order chi connectivity index (χ1) is 18.3. The molecule has 5 rings (SSSR count). The van der Waals surface area contributed by atoms with Crippen molar-refractivity contribution in [3.8, 4) is 23.1 Å². The van der Waals surface area contributed by atoms with Crippen molar-refractivity contribution in [2.24, 2.45) is 0 Å². The Labute approximate surface area is 214 Å². The number of rotatable bonds is 6. The van der Waals surface area contributed by atoms with Crippen LogP contribution in [0.3, 0.4) is 0 Å². The minimum absolute atomic E-state index is 0.0928. The maximum absolute atomic E-state index is 15.0. The molecule has 0 fully saturated rings. The van der Waals surface area contributed by atoms with Gasteiger partial charge in [0, 0.05) is 30.1 Å². The van der Waals surface area contributed by atoms with Gasteiger partial charge in [0.05, 0.1) is 24.0 Å². The third kappa shape index (κ3) is 4.76. The number of aryl methyl sites for hydroxylation is 1. The largest absolute Gasteiger partial charge is 0.481 e. The van der Waals surface area contributed by atoms with Crippen molar-refractivity contribution in [3.05, 3.63) is 106 Å². The minimum Gasteiger partial charge on any atom is -0.481 e. The van der Waals surface area contributed by atoms with Gasteiger partial charge in [-0.05, 0) is 49.4 Å². The second-order valence-electron chi connectivity index (χ2n) is 8.09. The predicted octanol–water partition coefficient (Wildman–Crippen LogP) is 4.82. The van der Waals surface area contributed by atoms with Crippen molar-refractivity contribution >= 4 is 22.6 Å². The average molecular weight is 515 g/mol. The first-order valence-electron chi connectivity index (χ1n) is 11.3. The quantitative estimate of drug-likeness (QED) is 0.346. The molecule has 0 atom stereocenters. The van der Waals surface area contributed by atoms with E-state index in [2.05, 4.69) is 20.3 Å². The van der Waals surface area contributed by atoms with Crippen LogP contribution in [0.5, 0.6) is 17.4 Å². The predicted molar refractivity (Wildman–Crippen MR) is 135 cm³/mol. The van der Waals surface area contributed by atoms with E-state index < -0.39 is 23.1 Å². The van der Waals surface area contributed by atoms with Crippen molar-refractivity contribution in [2.45, 2.75) is 6.92 Å². The van der Waals surface area contributed by atoms with Crippen LogP contribution in [0.1, 0.15) is 16.1 Å². The van der Waals surface area contributed by atoms with Crippen LogP contribution in [0.2, 0.25) is 0 Å². The number of nitrogens with zero attached hydrogens (tertiary/aromatic N) is 4. The number of aromatic nitrogens is 4. The molecule has 3 aromatic heterocycles. The molecule has 1 amide bonds. The molecule has 0 saturated heterocycles. The van der Waals surface area contributed by atoms with E-state index in [4.69, 9.17) is 9.47 Å². The number of amides is 1. The first kappa shape index (κ1) is 24.5. The topological polar surface area (TPSA) is 108 Å². The number of nitrogens with one attached hydrogen (secondary N) is 1. The number of carbonyl (C=O) groups excluding carboxylic acids is 1. The molecule has 0 bridgehead atoms. The molecule has 0 aliphatic rings. The summed E-state index contributed by atoms with van der Waals surface area (Å²) in [4.78, 5) is 38.7. The van der Waals surface area contributed by atoms with Crippen LogP contribution in [0.4, 0.5) is 14.5 Å². The van der Waals surface area contributed by atoms with E-state index >= 15 is 0 Å². The fourth-order valence-corrected chi connectivity index (χ4v) is 3.74. The number of pyridine rings is 2. The highest BCUT2D eigenvalue weighted by Gasteiger charge is 2.19. The summed E-state index contributed by atoms with van der Waals surface area (Å²) in [6.45, 7) is 1.50. The summed E-state index contributed by atoms with van der Waals surface area (Å²) >= 11 is 0. The van der Waals surface area contributed by atoms with Gasteiger partial charge < -0.3 is 14.8 Å². The molecule has 38 heavy (non-hydrogen) atoms. The van der Waals surface area contributed by atoms with E-state index in [0.29, 0.717) is 22.6 Å². The molecule has 0 saturated carbocycles. The Bertz CT molecular complexity index is 1740. The van der Waals surface area contributed by atoms with Gasteiger partial charge in [0.1, 0.15) is 23.2 Å². The number of carbonyl (C=O) groups is 1. The number of methoxy groups -OCH3 is 1. The average Bonchev–Trinajstić information content (AvgIpc) is 2.91. The molecule has 5 aromatic rings. The summed E-state index contributed by atoms with van der Waals surface area (Å²) in [5, 5.41) is 2.52. The Morgan fingerprint density at radius 1 is 0.974 bits per heavy atom. The van der Waals surface area contributed by atoms with Crippen LogP contribution in [-0.2, 0) is 0 Å². The normalized spacial score (nSPS) is 10.8. The monoisotopic (exact) mass is 515 g/mol. The molecule has 2 aromatic carbocycles. The van der Waals surface area contributed by atoms with Crippen molar-refractivity contribution in [2.75, 3.05) is 12.4 Å². The van der Waals surface area contributed by atoms with Gasteiger partial charge in [-0.1, -0.05) is 0 Å². The van der Waals surface area contributed by atoms with Crippen molar-refractivity contribution in [3.63, 3.8) is 0 Å². The van der Waals surface area contributed by atoms with Crippen LogP contribution in [0.25, 0.3) is 16.7 Å². The van der Waals surface area contributed by atoms with Crippen molar-refractivity contribution in [1.82, 2.24) is 19.5 Å². The fourth-order valence-electron chi connectivity index (χ4n) is 3.74. The first-order valence-corrected chi connectivity index (χ1v) is 11.3. The van der Waals surface area contributed by atoms with Crippen LogP contribution >= 0.6 is 0 Å². The van der Waals surface area contributed by atoms with Gasteiger partial charge in [-0.15, -0.1) is 0 Å². The van der Waals surface area contributed by atoms with E-state index in [1.807, 2.05) is 0 Å². The lowest BCUT2D eigenvalue weighted by Gasteiger charge is -2.12. The van der Waals surface area contributed by atoms with Gasteiger partial charge in [0.15, 0.2) is 17.3 Å². The Morgan fingerprint density at radius 2 is 1.76 bits per heavy atom. The lowest BCUT2D eigenvalue weighted by atomic mass is 10.2. The molecule has 190 valence electrons. The third-order valence-corrected chi connectivity index (χ3v) is 5.63.